The minimum atomic E-state index is -0.801. The highest BCUT2D eigenvalue weighted by Gasteiger charge is 1.99. The average molecular weight is 181 g/mol. The maximum atomic E-state index is 10.0. The SMILES string of the molecule is CCCc1cccc(O[N+](=O)[O-])c1. The van der Waals surface area contributed by atoms with E-state index in [4.69, 9.17) is 0 Å². The maximum absolute atomic E-state index is 10.0. The van der Waals surface area contributed by atoms with Gasteiger partial charge in [0.15, 0.2) is 0 Å². The molecule has 0 aromatic heterocycles. The van der Waals surface area contributed by atoms with Gasteiger partial charge in [-0.1, -0.05) is 25.5 Å². The van der Waals surface area contributed by atoms with E-state index in [1.54, 1.807) is 18.2 Å². The van der Waals surface area contributed by atoms with Crippen LogP contribution in [0.2, 0.25) is 0 Å². The zero-order valence-electron chi connectivity index (χ0n) is 7.40. The molecule has 1 aromatic rings. The van der Waals surface area contributed by atoms with Gasteiger partial charge in [0.25, 0.3) is 5.09 Å². The van der Waals surface area contributed by atoms with Crippen LogP contribution in [0.4, 0.5) is 0 Å². The monoisotopic (exact) mass is 181 g/mol. The van der Waals surface area contributed by atoms with Crippen LogP contribution in [0.1, 0.15) is 18.9 Å². The van der Waals surface area contributed by atoms with E-state index in [1.165, 1.54) is 0 Å². The lowest BCUT2D eigenvalue weighted by Crippen LogP contribution is -2.03. The number of aryl methyl sites for hydroxylation is 1. The molecule has 0 saturated carbocycles. The first-order valence-corrected chi connectivity index (χ1v) is 4.13. The molecule has 1 rings (SSSR count). The van der Waals surface area contributed by atoms with Gasteiger partial charge in [-0.2, -0.15) is 0 Å². The lowest BCUT2D eigenvalue weighted by atomic mass is 10.1. The third-order valence-electron chi connectivity index (χ3n) is 1.62. The zero-order chi connectivity index (χ0) is 9.68. The largest absolute Gasteiger partial charge is 0.299 e. The van der Waals surface area contributed by atoms with Gasteiger partial charge in [-0.3, -0.25) is 4.84 Å². The number of hydrogen-bond donors (Lipinski definition) is 0. The van der Waals surface area contributed by atoms with Crippen LogP contribution in [0.25, 0.3) is 0 Å². The molecule has 0 aliphatic carbocycles. The fraction of sp³-hybridized carbons (Fsp3) is 0.333. The van der Waals surface area contributed by atoms with Gasteiger partial charge in [0, 0.05) is 0 Å². The van der Waals surface area contributed by atoms with Crippen LogP contribution in [-0.2, 0) is 6.42 Å². The minimum absolute atomic E-state index is 0.288. The van der Waals surface area contributed by atoms with Gasteiger partial charge in [-0.05, 0) is 24.1 Å². The maximum Gasteiger partial charge on any atom is 0.299 e. The predicted molar refractivity (Wildman–Crippen MR) is 48.1 cm³/mol. The standard InChI is InChI=1S/C9H11NO3/c1-2-4-8-5-3-6-9(7-8)13-10(11)12/h3,5-7H,2,4H2,1H3. The molecule has 70 valence electrons. The van der Waals surface area contributed by atoms with Crippen molar-refractivity contribution in [3.63, 3.8) is 0 Å². The minimum Gasteiger partial charge on any atom is -0.276 e. The van der Waals surface area contributed by atoms with Crippen LogP contribution in [0.3, 0.4) is 0 Å². The summed E-state index contributed by atoms with van der Waals surface area (Å²) >= 11 is 0. The van der Waals surface area contributed by atoms with E-state index in [0.717, 1.165) is 18.4 Å². The molecule has 0 spiro atoms. The zero-order valence-corrected chi connectivity index (χ0v) is 7.40. The third kappa shape index (κ3) is 3.11. The molecule has 0 amide bonds. The van der Waals surface area contributed by atoms with E-state index in [9.17, 15) is 10.1 Å². The summed E-state index contributed by atoms with van der Waals surface area (Å²) in [7, 11) is 0. The Kier molecular flexibility index (Phi) is 3.25. The molecule has 13 heavy (non-hydrogen) atoms. The summed E-state index contributed by atoms with van der Waals surface area (Å²) in [6, 6.07) is 6.94. The van der Waals surface area contributed by atoms with Gasteiger partial charge in [0.05, 0.1) is 0 Å². The summed E-state index contributed by atoms with van der Waals surface area (Å²) in [6.07, 6.45) is 1.93. The summed E-state index contributed by atoms with van der Waals surface area (Å²) in [5.74, 6) is 0.288. The van der Waals surface area contributed by atoms with Crippen LogP contribution < -0.4 is 4.84 Å². The van der Waals surface area contributed by atoms with E-state index in [-0.39, 0.29) is 5.75 Å². The van der Waals surface area contributed by atoms with Crippen LogP contribution in [0.15, 0.2) is 24.3 Å². The second-order valence-electron chi connectivity index (χ2n) is 2.71. The van der Waals surface area contributed by atoms with Crippen molar-refractivity contribution in [1.82, 2.24) is 0 Å². The molecule has 4 heteroatoms. The Bertz CT molecular complexity index is 299. The molecule has 0 aliphatic rings. The van der Waals surface area contributed by atoms with Crippen molar-refractivity contribution in [2.24, 2.45) is 0 Å². The van der Waals surface area contributed by atoms with Gasteiger partial charge in [0.2, 0.25) is 0 Å². The van der Waals surface area contributed by atoms with E-state index in [0.29, 0.717) is 0 Å². The van der Waals surface area contributed by atoms with Crippen LogP contribution in [-0.4, -0.2) is 5.09 Å². The van der Waals surface area contributed by atoms with Crippen molar-refractivity contribution in [2.45, 2.75) is 19.8 Å². The number of hydrogen-bond acceptors (Lipinski definition) is 3. The quantitative estimate of drug-likeness (QED) is 0.528. The van der Waals surface area contributed by atoms with Crippen molar-refractivity contribution < 1.29 is 9.92 Å². The fourth-order valence-electron chi connectivity index (χ4n) is 1.13. The van der Waals surface area contributed by atoms with E-state index in [1.807, 2.05) is 6.07 Å². The second kappa shape index (κ2) is 4.45. The molecule has 1 aromatic carbocycles. The first-order valence-electron chi connectivity index (χ1n) is 4.13. The van der Waals surface area contributed by atoms with E-state index < -0.39 is 5.09 Å². The third-order valence-corrected chi connectivity index (χ3v) is 1.62. The molecule has 0 saturated heterocycles. The molecule has 0 fully saturated rings. The number of benzene rings is 1. The molecule has 0 heterocycles. The van der Waals surface area contributed by atoms with Crippen molar-refractivity contribution in [3.8, 4) is 5.75 Å². The molecule has 4 nitrogen and oxygen atoms in total. The van der Waals surface area contributed by atoms with Crippen molar-refractivity contribution in [1.29, 1.82) is 0 Å². The topological polar surface area (TPSA) is 52.4 Å². The molecule has 0 bridgehead atoms. The summed E-state index contributed by atoms with van der Waals surface area (Å²) in [5, 5.41) is 9.22. The lowest BCUT2D eigenvalue weighted by molar-refractivity contribution is -0.711. The summed E-state index contributed by atoms with van der Waals surface area (Å²) in [6.45, 7) is 2.06. The smallest absolute Gasteiger partial charge is 0.276 e. The van der Waals surface area contributed by atoms with Crippen molar-refractivity contribution >= 4 is 0 Å². The molecular formula is C9H11NO3. The first-order chi connectivity index (χ1) is 6.22. The number of rotatable bonds is 4. The highest BCUT2D eigenvalue weighted by atomic mass is 17.0. The molecule has 0 radical (unpaired) electrons. The second-order valence-corrected chi connectivity index (χ2v) is 2.71. The Balaban J connectivity index is 2.73. The molecular weight excluding hydrogens is 170 g/mol. The fourth-order valence-corrected chi connectivity index (χ4v) is 1.13. The Morgan fingerprint density at radius 2 is 2.31 bits per heavy atom. The Labute approximate surface area is 76.2 Å². The van der Waals surface area contributed by atoms with Crippen LogP contribution in [0, 0.1) is 10.1 Å². The van der Waals surface area contributed by atoms with Gasteiger partial charge < -0.3 is 0 Å². The summed E-state index contributed by atoms with van der Waals surface area (Å²) in [4.78, 5) is 14.3. The predicted octanol–water partition coefficient (Wildman–Crippen LogP) is 2.21. The van der Waals surface area contributed by atoms with E-state index >= 15 is 0 Å². The Morgan fingerprint density at radius 3 is 2.92 bits per heavy atom. The van der Waals surface area contributed by atoms with Crippen molar-refractivity contribution in [2.75, 3.05) is 0 Å². The molecule has 0 unspecified atom stereocenters. The summed E-state index contributed by atoms with van der Waals surface area (Å²) in [5.41, 5.74) is 1.06. The molecule has 0 atom stereocenters. The lowest BCUT2D eigenvalue weighted by Gasteiger charge is -2.01. The Hall–Kier alpha value is -1.58. The van der Waals surface area contributed by atoms with Gasteiger partial charge in [-0.25, -0.2) is 0 Å². The van der Waals surface area contributed by atoms with Gasteiger partial charge in [-0.15, -0.1) is 10.1 Å². The molecule has 0 aliphatic heterocycles. The summed E-state index contributed by atoms with van der Waals surface area (Å²) < 4.78 is 0. The average Bonchev–Trinajstić information content (AvgIpc) is 2.04. The molecule has 0 N–H and O–H groups in total. The van der Waals surface area contributed by atoms with Gasteiger partial charge in [0.1, 0.15) is 5.75 Å². The number of nitrogens with zero attached hydrogens (tertiary/aromatic N) is 1. The first kappa shape index (κ1) is 9.51. The van der Waals surface area contributed by atoms with Crippen LogP contribution >= 0.6 is 0 Å². The van der Waals surface area contributed by atoms with Gasteiger partial charge >= 0.3 is 0 Å². The van der Waals surface area contributed by atoms with Crippen LogP contribution in [0.5, 0.6) is 5.75 Å². The normalized spacial score (nSPS) is 9.62. The van der Waals surface area contributed by atoms with E-state index in [2.05, 4.69) is 11.8 Å². The highest BCUT2D eigenvalue weighted by Crippen LogP contribution is 2.14. The van der Waals surface area contributed by atoms with Crippen molar-refractivity contribution in [3.05, 3.63) is 39.9 Å². The highest BCUT2D eigenvalue weighted by molar-refractivity contribution is 5.27. The Morgan fingerprint density at radius 1 is 1.54 bits per heavy atom.